The second-order valence-corrected chi connectivity index (χ2v) is 5.20. The monoisotopic (exact) mass is 318 g/mol. The first kappa shape index (κ1) is 17.0. The standard InChI is InChI=1S/C18H23NO4/c1-20-15-7-5-12(10-17(15)22-3)9-14(19)13-6-8-16(21-2)18(11-13)23-4/h5-8,10-11,14H,9,19H2,1-4H3/p+1/t14-/m0/s1. The molecule has 2 aromatic carbocycles. The third-order valence-electron chi connectivity index (χ3n) is 3.81. The fraction of sp³-hybridized carbons (Fsp3) is 0.333. The van der Waals surface area contributed by atoms with Crippen molar-refractivity contribution in [3.8, 4) is 23.0 Å². The lowest BCUT2D eigenvalue weighted by atomic mass is 9.99. The highest BCUT2D eigenvalue weighted by molar-refractivity contribution is 5.45. The van der Waals surface area contributed by atoms with E-state index in [-0.39, 0.29) is 6.04 Å². The van der Waals surface area contributed by atoms with E-state index >= 15 is 0 Å². The Bertz CT molecular complexity index is 657. The van der Waals surface area contributed by atoms with Crippen molar-refractivity contribution in [3.63, 3.8) is 0 Å². The summed E-state index contributed by atoms with van der Waals surface area (Å²) in [6.07, 6.45) is 0.788. The molecule has 3 N–H and O–H groups in total. The Balaban J connectivity index is 2.20. The second kappa shape index (κ2) is 7.74. The van der Waals surface area contributed by atoms with Crippen molar-refractivity contribution < 1.29 is 24.7 Å². The average Bonchev–Trinajstić information content (AvgIpc) is 2.60. The molecule has 0 unspecified atom stereocenters. The maximum Gasteiger partial charge on any atom is 0.161 e. The molecule has 0 heterocycles. The molecule has 2 rings (SSSR count). The van der Waals surface area contributed by atoms with Gasteiger partial charge < -0.3 is 24.7 Å². The quantitative estimate of drug-likeness (QED) is 0.850. The first-order valence-electron chi connectivity index (χ1n) is 7.38. The number of quaternary nitrogens is 1. The molecule has 0 saturated heterocycles. The van der Waals surface area contributed by atoms with Crippen LogP contribution in [0, 0.1) is 0 Å². The SMILES string of the molecule is COc1ccc(C[C@H]([NH3+])c2ccc(OC)c(OC)c2)cc1OC. The summed E-state index contributed by atoms with van der Waals surface area (Å²) in [7, 11) is 6.53. The zero-order valence-electron chi connectivity index (χ0n) is 14.1. The van der Waals surface area contributed by atoms with Crippen LogP contribution in [0.4, 0.5) is 0 Å². The van der Waals surface area contributed by atoms with Gasteiger partial charge in [-0.2, -0.15) is 0 Å². The van der Waals surface area contributed by atoms with Crippen LogP contribution >= 0.6 is 0 Å². The van der Waals surface area contributed by atoms with Gasteiger partial charge in [0, 0.05) is 12.0 Å². The predicted molar refractivity (Wildman–Crippen MR) is 88.4 cm³/mol. The second-order valence-electron chi connectivity index (χ2n) is 5.20. The molecular weight excluding hydrogens is 294 g/mol. The normalized spacial score (nSPS) is 11.7. The molecule has 0 saturated carbocycles. The summed E-state index contributed by atoms with van der Waals surface area (Å²) < 4.78 is 21.2. The lowest BCUT2D eigenvalue weighted by Gasteiger charge is -2.14. The van der Waals surface area contributed by atoms with Gasteiger partial charge in [-0.1, -0.05) is 6.07 Å². The van der Waals surface area contributed by atoms with Gasteiger partial charge in [0.05, 0.1) is 28.4 Å². The zero-order valence-corrected chi connectivity index (χ0v) is 14.1. The molecule has 0 spiro atoms. The van der Waals surface area contributed by atoms with E-state index in [1.807, 2.05) is 36.4 Å². The van der Waals surface area contributed by atoms with Crippen molar-refractivity contribution in [3.05, 3.63) is 47.5 Å². The summed E-state index contributed by atoms with van der Waals surface area (Å²) in [4.78, 5) is 0. The Hall–Kier alpha value is -2.40. The average molecular weight is 318 g/mol. The zero-order chi connectivity index (χ0) is 16.8. The molecule has 0 aromatic heterocycles. The fourth-order valence-corrected chi connectivity index (χ4v) is 2.52. The van der Waals surface area contributed by atoms with Gasteiger partial charge in [0.15, 0.2) is 23.0 Å². The number of methoxy groups -OCH3 is 4. The molecule has 0 bridgehead atoms. The summed E-state index contributed by atoms with van der Waals surface area (Å²) in [5.74, 6) is 2.88. The van der Waals surface area contributed by atoms with E-state index < -0.39 is 0 Å². The van der Waals surface area contributed by atoms with Crippen molar-refractivity contribution in [1.82, 2.24) is 0 Å². The summed E-state index contributed by atoms with van der Waals surface area (Å²) >= 11 is 0. The molecular formula is C18H24NO4+. The van der Waals surface area contributed by atoms with E-state index in [9.17, 15) is 0 Å². The molecule has 2 aromatic rings. The van der Waals surface area contributed by atoms with Gasteiger partial charge in [-0.3, -0.25) is 0 Å². The minimum atomic E-state index is 0.0907. The fourth-order valence-electron chi connectivity index (χ4n) is 2.52. The predicted octanol–water partition coefficient (Wildman–Crippen LogP) is 2.25. The molecule has 0 aliphatic rings. The van der Waals surface area contributed by atoms with Crippen molar-refractivity contribution in [2.24, 2.45) is 0 Å². The van der Waals surface area contributed by atoms with Crippen molar-refractivity contribution in [1.29, 1.82) is 0 Å². The molecule has 0 fully saturated rings. The van der Waals surface area contributed by atoms with E-state index in [1.165, 1.54) is 0 Å². The van der Waals surface area contributed by atoms with Gasteiger partial charge in [-0.25, -0.2) is 0 Å². The lowest BCUT2D eigenvalue weighted by molar-refractivity contribution is -0.426. The van der Waals surface area contributed by atoms with Gasteiger partial charge in [0.2, 0.25) is 0 Å². The third kappa shape index (κ3) is 3.87. The number of ether oxygens (including phenoxy) is 4. The third-order valence-corrected chi connectivity index (χ3v) is 3.81. The Labute approximate surface area is 136 Å². The number of hydrogen-bond acceptors (Lipinski definition) is 4. The molecule has 5 heteroatoms. The first-order chi connectivity index (χ1) is 11.1. The molecule has 5 nitrogen and oxygen atoms in total. The van der Waals surface area contributed by atoms with Crippen molar-refractivity contribution in [2.45, 2.75) is 12.5 Å². The highest BCUT2D eigenvalue weighted by Crippen LogP contribution is 2.31. The molecule has 1 atom stereocenters. The summed E-state index contributed by atoms with van der Waals surface area (Å²) in [5.41, 5.74) is 6.50. The summed E-state index contributed by atoms with van der Waals surface area (Å²) in [6, 6.07) is 11.9. The van der Waals surface area contributed by atoms with E-state index in [1.54, 1.807) is 28.4 Å². The van der Waals surface area contributed by atoms with E-state index in [0.29, 0.717) is 5.75 Å². The molecule has 0 radical (unpaired) electrons. The van der Waals surface area contributed by atoms with E-state index in [0.717, 1.165) is 34.8 Å². The Morgan fingerprint density at radius 3 is 1.83 bits per heavy atom. The largest absolute Gasteiger partial charge is 0.493 e. The Morgan fingerprint density at radius 2 is 1.26 bits per heavy atom. The summed E-state index contributed by atoms with van der Waals surface area (Å²) in [5, 5.41) is 0. The van der Waals surface area contributed by atoms with Crippen LogP contribution in [0.2, 0.25) is 0 Å². The van der Waals surface area contributed by atoms with Gasteiger partial charge in [-0.15, -0.1) is 0 Å². The molecule has 0 aliphatic heterocycles. The molecule has 0 aliphatic carbocycles. The highest BCUT2D eigenvalue weighted by Gasteiger charge is 2.15. The van der Waals surface area contributed by atoms with Gasteiger partial charge in [0.1, 0.15) is 6.04 Å². The van der Waals surface area contributed by atoms with E-state index in [2.05, 4.69) is 5.73 Å². The minimum absolute atomic E-state index is 0.0907. The number of benzene rings is 2. The van der Waals surface area contributed by atoms with Crippen LogP contribution < -0.4 is 24.7 Å². The maximum absolute atomic E-state index is 5.35. The van der Waals surface area contributed by atoms with Crippen molar-refractivity contribution >= 4 is 0 Å². The van der Waals surface area contributed by atoms with Crippen LogP contribution in [0.5, 0.6) is 23.0 Å². The Kier molecular flexibility index (Phi) is 5.71. The van der Waals surface area contributed by atoms with Crippen LogP contribution in [0.1, 0.15) is 17.2 Å². The van der Waals surface area contributed by atoms with E-state index in [4.69, 9.17) is 18.9 Å². The molecule has 23 heavy (non-hydrogen) atoms. The van der Waals surface area contributed by atoms with Crippen LogP contribution in [-0.2, 0) is 6.42 Å². The topological polar surface area (TPSA) is 64.6 Å². The maximum atomic E-state index is 5.35. The highest BCUT2D eigenvalue weighted by atomic mass is 16.5. The van der Waals surface area contributed by atoms with Crippen LogP contribution in [-0.4, -0.2) is 28.4 Å². The minimum Gasteiger partial charge on any atom is -0.493 e. The van der Waals surface area contributed by atoms with Gasteiger partial charge in [0.25, 0.3) is 0 Å². The lowest BCUT2D eigenvalue weighted by Crippen LogP contribution is -2.54. The smallest absolute Gasteiger partial charge is 0.161 e. The summed E-state index contributed by atoms with van der Waals surface area (Å²) in [6.45, 7) is 0. The molecule has 124 valence electrons. The van der Waals surface area contributed by atoms with Crippen molar-refractivity contribution in [2.75, 3.05) is 28.4 Å². The van der Waals surface area contributed by atoms with Crippen LogP contribution in [0.25, 0.3) is 0 Å². The number of rotatable bonds is 7. The van der Waals surface area contributed by atoms with Gasteiger partial charge in [-0.05, 0) is 35.9 Å². The Morgan fingerprint density at radius 1 is 0.739 bits per heavy atom. The molecule has 0 amide bonds. The van der Waals surface area contributed by atoms with Gasteiger partial charge >= 0.3 is 0 Å². The van der Waals surface area contributed by atoms with Crippen LogP contribution in [0.3, 0.4) is 0 Å². The number of hydrogen-bond donors (Lipinski definition) is 1. The van der Waals surface area contributed by atoms with Crippen LogP contribution in [0.15, 0.2) is 36.4 Å². The first-order valence-corrected chi connectivity index (χ1v) is 7.38.